The molecule has 0 aromatic carbocycles. The summed E-state index contributed by atoms with van der Waals surface area (Å²) in [6.45, 7) is 19.7. The quantitative estimate of drug-likeness (QED) is 0.0729. The average Bonchev–Trinajstić information content (AvgIpc) is 0.775. The van der Waals surface area contributed by atoms with E-state index in [4.69, 9.17) is 94.7 Å². The van der Waals surface area contributed by atoms with E-state index in [1.165, 1.54) is 0 Å². The van der Waals surface area contributed by atoms with Crippen molar-refractivity contribution in [1.82, 2.24) is 0 Å². The molecule has 0 aliphatic carbocycles. The van der Waals surface area contributed by atoms with E-state index < -0.39 is 243 Å². The molecule has 36 nitrogen and oxygen atoms in total. The molecule has 0 spiro atoms. The number of hydrogen-bond acceptors (Lipinski definition) is 36. The molecule has 4 saturated heterocycles. The van der Waals surface area contributed by atoms with Crippen LogP contribution in [0.15, 0.2) is 0 Å². The van der Waals surface area contributed by atoms with Gasteiger partial charge in [-0.1, -0.05) is 55.4 Å². The van der Waals surface area contributed by atoms with Gasteiger partial charge in [-0.25, -0.2) is 9.59 Å². The van der Waals surface area contributed by atoms with Crippen LogP contribution in [0.1, 0.15) is 150 Å². The Morgan fingerprint density at radius 2 is 0.530 bits per heavy atom. The maximum atomic E-state index is 15.0. The second-order valence-corrected chi connectivity index (χ2v) is 25.4. The summed E-state index contributed by atoms with van der Waals surface area (Å²) in [5.41, 5.74) is 0. The molecule has 0 radical (unpaired) electrons. The Kier molecular flexibility index (Phi) is 32.2. The Hall–Kier alpha value is -8.48. The molecule has 0 bridgehead atoms. The number of rotatable bonds is 30. The fourth-order valence-electron chi connectivity index (χ4n) is 10.9. The molecule has 36 heteroatoms. The number of Topliss-reactive ketones (excluding diaryl/α,β-unsaturated/α-hetero) is 1. The molecule has 0 aromatic rings. The average molecular weight is 1440 g/mol. The molecule has 4 heterocycles. The molecule has 4 fully saturated rings. The van der Waals surface area contributed by atoms with E-state index in [-0.39, 0.29) is 37.5 Å². The second-order valence-electron chi connectivity index (χ2n) is 25.4. The first-order valence-electron chi connectivity index (χ1n) is 32.0. The van der Waals surface area contributed by atoms with E-state index in [1.807, 2.05) is 0 Å². The molecule has 4 aliphatic heterocycles. The normalized spacial score (nSPS) is 29.4. The summed E-state index contributed by atoms with van der Waals surface area (Å²) < 4.78 is 115. The van der Waals surface area contributed by atoms with Gasteiger partial charge in [0, 0.05) is 94.9 Å². The number of carbonyl (C=O) groups is 16. The van der Waals surface area contributed by atoms with Crippen molar-refractivity contribution in [2.75, 3.05) is 13.2 Å². The highest BCUT2D eigenvalue weighted by Gasteiger charge is 2.62. The van der Waals surface area contributed by atoms with E-state index in [9.17, 15) is 71.9 Å². The first-order chi connectivity index (χ1) is 46.6. The molecular formula is C64H90O36. The van der Waals surface area contributed by atoms with Crippen LogP contribution in [0.5, 0.6) is 0 Å². The van der Waals surface area contributed by atoms with Crippen LogP contribution in [0.25, 0.3) is 0 Å². The van der Waals surface area contributed by atoms with Crippen molar-refractivity contribution < 1.29 is 171 Å². The molecule has 0 N–H and O–H groups in total. The first kappa shape index (κ1) is 83.9. The Bertz CT molecular complexity index is 2970. The van der Waals surface area contributed by atoms with E-state index in [0.717, 1.165) is 69.2 Å². The number of hydrogen-bond donors (Lipinski definition) is 0. The number of ketones is 1. The maximum absolute atomic E-state index is 15.0. The third-order valence-corrected chi connectivity index (χ3v) is 14.2. The topological polar surface area (TPSA) is 458 Å². The Labute approximate surface area is 575 Å². The maximum Gasteiger partial charge on any atom is 0.339 e. The summed E-state index contributed by atoms with van der Waals surface area (Å²) in [6, 6.07) is 0. The minimum Gasteiger partial charge on any atom is -0.461 e. The van der Waals surface area contributed by atoms with E-state index in [0.29, 0.717) is 0 Å². The smallest absolute Gasteiger partial charge is 0.339 e. The first-order valence-corrected chi connectivity index (χ1v) is 32.0. The summed E-state index contributed by atoms with van der Waals surface area (Å²) in [5.74, 6) is -21.6. The zero-order valence-corrected chi connectivity index (χ0v) is 58.8. The van der Waals surface area contributed by atoms with Gasteiger partial charge in [0.2, 0.25) is 31.1 Å². The number of carbonyl (C=O) groups excluding carboxylic acids is 16. The summed E-state index contributed by atoms with van der Waals surface area (Å²) in [6.07, 6.45) is -41.0. The highest BCUT2D eigenvalue weighted by atomic mass is 16.8. The lowest BCUT2D eigenvalue weighted by Crippen LogP contribution is -2.66. The third kappa shape index (κ3) is 25.6. The summed E-state index contributed by atoms with van der Waals surface area (Å²) in [4.78, 5) is 214. The Balaban J connectivity index is 1.98. The monoisotopic (exact) mass is 1430 g/mol. The van der Waals surface area contributed by atoms with Crippen LogP contribution in [0, 0.1) is 29.6 Å². The van der Waals surface area contributed by atoms with Crippen molar-refractivity contribution in [3.05, 3.63) is 0 Å². The van der Waals surface area contributed by atoms with Crippen molar-refractivity contribution >= 4 is 95.3 Å². The SMILES string of the molecule is CC(=O)O[C@H]1O[C@@H](C(=O)OC[C@H]2O[C@H](O[C@H]3O[C@H](COC(=O)[C@H]4O[C@@H](OC(C)=O)[C@H](OC(=O)CC(C)C)[C@@H](OC(=O)CC(C)C)[C@@H]4OC(C)=O)[C@@H](OC(C)=O)[C@H](C(=O)CC(C)C)[C@H]3OC(=O)CC(C)C)[C@H](OC(C)=O)[C@@H](OC(C)=O)[C@@H]2OC(C)=O)[C@H](OC(C)=O)[C@@H](OC(C)=O)[C@@H]1OC(C)=O. The number of ether oxygens (including phenoxy) is 20. The minimum absolute atomic E-state index is 0.245. The van der Waals surface area contributed by atoms with E-state index in [2.05, 4.69) is 0 Å². The van der Waals surface area contributed by atoms with Gasteiger partial charge in [-0.2, -0.15) is 0 Å². The van der Waals surface area contributed by atoms with Crippen molar-refractivity contribution in [3.63, 3.8) is 0 Å². The van der Waals surface area contributed by atoms with Gasteiger partial charge in [-0.05, 0) is 23.7 Å². The largest absolute Gasteiger partial charge is 0.461 e. The molecule has 0 unspecified atom stereocenters. The zero-order valence-electron chi connectivity index (χ0n) is 58.8. The Morgan fingerprint density at radius 3 is 0.890 bits per heavy atom. The van der Waals surface area contributed by atoms with Gasteiger partial charge in [0.1, 0.15) is 37.3 Å². The number of esters is 15. The predicted octanol–water partition coefficient (Wildman–Crippen LogP) is 1.67. The fraction of sp³-hybridized carbons (Fsp3) is 0.750. The van der Waals surface area contributed by atoms with Crippen molar-refractivity contribution in [3.8, 4) is 0 Å². The van der Waals surface area contributed by atoms with Gasteiger partial charge in [-0.3, -0.25) is 67.1 Å². The molecule has 562 valence electrons. The van der Waals surface area contributed by atoms with Crippen molar-refractivity contribution in [2.45, 2.75) is 267 Å². The van der Waals surface area contributed by atoms with Gasteiger partial charge in [0.15, 0.2) is 67.3 Å². The molecule has 4 aliphatic rings. The van der Waals surface area contributed by atoms with Crippen LogP contribution in [0.2, 0.25) is 0 Å². The van der Waals surface area contributed by atoms with Gasteiger partial charge in [0.25, 0.3) is 0 Å². The second kappa shape index (κ2) is 38.4. The molecule has 4 rings (SSSR count). The zero-order chi connectivity index (χ0) is 75.5. The molecule has 0 amide bonds. The summed E-state index contributed by atoms with van der Waals surface area (Å²) in [7, 11) is 0. The lowest BCUT2D eigenvalue weighted by molar-refractivity contribution is -0.372. The van der Waals surface area contributed by atoms with Crippen LogP contribution < -0.4 is 0 Å². The van der Waals surface area contributed by atoms with Crippen LogP contribution in [0.3, 0.4) is 0 Å². The molecular weight excluding hydrogens is 1340 g/mol. The fourth-order valence-corrected chi connectivity index (χ4v) is 10.9. The molecule has 0 aromatic heterocycles. The van der Waals surface area contributed by atoms with Crippen LogP contribution in [-0.2, 0) is 171 Å². The molecule has 0 saturated carbocycles. The lowest BCUT2D eigenvalue weighted by atomic mass is 9.82. The van der Waals surface area contributed by atoms with E-state index in [1.54, 1.807) is 55.4 Å². The van der Waals surface area contributed by atoms with Crippen molar-refractivity contribution in [1.29, 1.82) is 0 Å². The summed E-state index contributed by atoms with van der Waals surface area (Å²) >= 11 is 0. The van der Waals surface area contributed by atoms with Gasteiger partial charge >= 0.3 is 89.5 Å². The lowest BCUT2D eigenvalue weighted by Gasteiger charge is -2.48. The summed E-state index contributed by atoms with van der Waals surface area (Å²) in [5, 5.41) is 0. The standard InChI is InChI=1S/C64H90O36/c1-25(2)19-39(75)45-46(83-29(9)65)40(23-81-60(80)55-51(87-33(13)69)53(96-43(77)21-27(5)6)58(63(99-55)92-38(18)74)97-44(78)22-28(7)8)93-61(48(45)95-42(76)20-26(3)4)100-64-56(89-35(15)71)49(85-31(11)67)47(84-30(10)66)41(94-64)24-82-59(79)54-50(86-32(12)68)52(88-34(14)70)57(90-36(16)72)62(98-54)91-37(17)73/h25-28,40-41,45-58,61-64H,19-24H2,1-18H3/t40-,41-,45+,46-,47-,48-,49+,50-,51+,52-,53+,54-,55+,56-,57+,58-,61-,62+,63-,64-/m1/s1. The highest BCUT2D eigenvalue weighted by Crippen LogP contribution is 2.40. The van der Waals surface area contributed by atoms with Gasteiger partial charge < -0.3 is 94.7 Å². The Morgan fingerprint density at radius 1 is 0.270 bits per heavy atom. The molecule has 100 heavy (non-hydrogen) atoms. The van der Waals surface area contributed by atoms with Crippen LogP contribution in [-0.4, -0.2) is 225 Å². The van der Waals surface area contributed by atoms with E-state index >= 15 is 4.79 Å². The van der Waals surface area contributed by atoms with Crippen molar-refractivity contribution in [2.24, 2.45) is 29.6 Å². The third-order valence-electron chi connectivity index (χ3n) is 14.2. The van der Waals surface area contributed by atoms with Crippen LogP contribution >= 0.6 is 0 Å². The highest BCUT2D eigenvalue weighted by molar-refractivity contribution is 5.84. The predicted molar refractivity (Wildman–Crippen MR) is 322 cm³/mol. The molecule has 20 atom stereocenters. The van der Waals surface area contributed by atoms with Gasteiger partial charge in [-0.15, -0.1) is 0 Å². The minimum atomic E-state index is -2.34. The van der Waals surface area contributed by atoms with Crippen LogP contribution in [0.4, 0.5) is 0 Å². The van der Waals surface area contributed by atoms with Gasteiger partial charge in [0.05, 0.1) is 5.92 Å².